The van der Waals surface area contributed by atoms with Crippen LogP contribution < -0.4 is 5.48 Å². The Balaban J connectivity index is 1.61. The minimum Gasteiger partial charge on any atom is -0.289 e. The maximum atomic E-state index is 13.0. The minimum absolute atomic E-state index is 0.0760. The van der Waals surface area contributed by atoms with Gasteiger partial charge in [0.15, 0.2) is 4.75 Å². The summed E-state index contributed by atoms with van der Waals surface area (Å²) in [7, 11) is -3.86. The fraction of sp³-hybridized carbons (Fsp3) is 0.684. The lowest BCUT2D eigenvalue weighted by Crippen LogP contribution is -2.61. The van der Waals surface area contributed by atoms with Gasteiger partial charge in [-0.3, -0.25) is 15.0 Å². The van der Waals surface area contributed by atoms with Crippen LogP contribution in [-0.2, 0) is 21.2 Å². The van der Waals surface area contributed by atoms with Crippen molar-refractivity contribution in [2.45, 2.75) is 68.5 Å². The van der Waals surface area contributed by atoms with Crippen LogP contribution in [0.2, 0.25) is 0 Å². The molecule has 0 atom stereocenters. The molecule has 0 bridgehead atoms. The highest BCUT2D eigenvalue weighted by atomic mass is 32.2. The third-order valence-electron chi connectivity index (χ3n) is 6.08. The number of hydrogen-bond donors (Lipinski definition) is 2. The van der Waals surface area contributed by atoms with Gasteiger partial charge < -0.3 is 0 Å². The van der Waals surface area contributed by atoms with Crippen molar-refractivity contribution in [2.75, 3.05) is 13.1 Å². The fourth-order valence-corrected chi connectivity index (χ4v) is 6.30. The van der Waals surface area contributed by atoms with E-state index in [0.29, 0.717) is 19.3 Å². The lowest BCUT2D eigenvalue weighted by atomic mass is 9.84. The third kappa shape index (κ3) is 4.44. The van der Waals surface area contributed by atoms with E-state index < -0.39 is 26.6 Å². The van der Waals surface area contributed by atoms with E-state index >= 15 is 0 Å². The Morgan fingerprint density at radius 3 is 2.45 bits per heavy atom. The van der Waals surface area contributed by atoms with E-state index in [1.807, 2.05) is 6.07 Å². The maximum Gasteiger partial charge on any atom is 0.266 e. The Morgan fingerprint density at radius 1 is 1.34 bits per heavy atom. The fourth-order valence-electron chi connectivity index (χ4n) is 4.03. The molecule has 2 heterocycles. The number of aromatic nitrogens is 1. The van der Waals surface area contributed by atoms with E-state index in [4.69, 9.17) is 5.21 Å². The summed E-state index contributed by atoms with van der Waals surface area (Å²) in [6.45, 7) is 1.45. The van der Waals surface area contributed by atoms with Crippen molar-refractivity contribution in [2.24, 2.45) is 0 Å². The first-order valence-electron chi connectivity index (χ1n) is 9.86. The Hall–Kier alpha value is -1.65. The van der Waals surface area contributed by atoms with Crippen molar-refractivity contribution in [1.29, 1.82) is 0 Å². The van der Waals surface area contributed by atoms with E-state index in [0.717, 1.165) is 18.2 Å². The largest absolute Gasteiger partial charge is 0.289 e. The van der Waals surface area contributed by atoms with Crippen LogP contribution in [-0.4, -0.2) is 52.6 Å². The summed E-state index contributed by atoms with van der Waals surface area (Å²) in [4.78, 5) is 16.4. The van der Waals surface area contributed by atoms with Gasteiger partial charge in [0.05, 0.1) is 0 Å². The van der Waals surface area contributed by atoms with Crippen LogP contribution in [0.1, 0.15) is 62.6 Å². The molecule has 7 nitrogen and oxygen atoms in total. The van der Waals surface area contributed by atoms with Gasteiger partial charge in [-0.25, -0.2) is 27.0 Å². The molecule has 162 valence electrons. The van der Waals surface area contributed by atoms with Crippen LogP contribution >= 0.6 is 0 Å². The molecule has 10 heteroatoms. The predicted octanol–water partition coefficient (Wildman–Crippen LogP) is 2.61. The third-order valence-corrected chi connectivity index (χ3v) is 8.71. The number of halogens is 2. The zero-order valence-corrected chi connectivity index (χ0v) is 17.2. The zero-order chi connectivity index (χ0) is 21.3. The molecular weight excluding hydrogens is 404 g/mol. The van der Waals surface area contributed by atoms with Crippen molar-refractivity contribution in [3.05, 3.63) is 29.6 Å². The molecule has 0 aromatic carbocycles. The summed E-state index contributed by atoms with van der Waals surface area (Å²) in [5.41, 5.74) is 3.08. The van der Waals surface area contributed by atoms with Gasteiger partial charge >= 0.3 is 0 Å². The van der Waals surface area contributed by atoms with Gasteiger partial charge in [-0.15, -0.1) is 0 Å². The molecule has 1 aromatic heterocycles. The molecular formula is C19H27F2N3O4S. The first kappa shape index (κ1) is 22.0. The number of pyridine rings is 1. The van der Waals surface area contributed by atoms with Crippen LogP contribution in [0.3, 0.4) is 0 Å². The van der Waals surface area contributed by atoms with Crippen molar-refractivity contribution in [3.8, 4) is 0 Å². The second-order valence-corrected chi connectivity index (χ2v) is 10.4. The second kappa shape index (κ2) is 8.23. The first-order chi connectivity index (χ1) is 13.6. The monoisotopic (exact) mass is 431 g/mol. The Kier molecular flexibility index (Phi) is 6.26. The van der Waals surface area contributed by atoms with Crippen molar-refractivity contribution < 1.29 is 27.2 Å². The quantitative estimate of drug-likeness (QED) is 0.511. The average molecular weight is 432 g/mol. The number of aryl methyl sites for hydroxylation is 1. The Labute approximate surface area is 169 Å². The van der Waals surface area contributed by atoms with Gasteiger partial charge in [-0.1, -0.05) is 6.07 Å². The highest BCUT2D eigenvalue weighted by Crippen LogP contribution is 2.43. The Bertz CT molecular complexity index is 828. The molecule has 29 heavy (non-hydrogen) atoms. The number of carbonyl (C=O) groups excluding carboxylic acids is 1. The van der Waals surface area contributed by atoms with Crippen LogP contribution in [0.4, 0.5) is 8.78 Å². The van der Waals surface area contributed by atoms with Crippen LogP contribution in [0.25, 0.3) is 0 Å². The lowest BCUT2D eigenvalue weighted by Gasteiger charge is -2.43. The number of carbonyl (C=O) groups is 1. The second-order valence-electron chi connectivity index (χ2n) is 8.13. The maximum absolute atomic E-state index is 13.0. The summed E-state index contributed by atoms with van der Waals surface area (Å²) >= 11 is 0. The van der Waals surface area contributed by atoms with Crippen LogP contribution in [0.5, 0.6) is 0 Å². The molecule has 1 aromatic rings. The summed E-state index contributed by atoms with van der Waals surface area (Å²) in [5, 5.41) is 8.96. The molecule has 2 N–H and O–H groups in total. The number of nitrogens with one attached hydrogen (secondary N) is 1. The van der Waals surface area contributed by atoms with Gasteiger partial charge in [-0.2, -0.15) is 0 Å². The van der Waals surface area contributed by atoms with Gasteiger partial charge in [0.1, 0.15) is 0 Å². The molecule has 1 aliphatic heterocycles. The van der Waals surface area contributed by atoms with E-state index in [9.17, 15) is 22.0 Å². The molecule has 0 spiro atoms. The molecule has 2 aliphatic rings. The normalized spacial score (nSPS) is 20.8. The lowest BCUT2D eigenvalue weighted by molar-refractivity contribution is -0.134. The minimum atomic E-state index is -3.86. The summed E-state index contributed by atoms with van der Waals surface area (Å²) in [6.07, 6.45) is 3.81. The molecule has 1 amide bonds. The molecule has 2 fully saturated rings. The number of hydrogen-bond acceptors (Lipinski definition) is 5. The number of amides is 1. The number of nitrogens with zero attached hydrogens (tertiary/aromatic N) is 2. The first-order valence-corrected chi connectivity index (χ1v) is 11.3. The standard InChI is InChI=1S/C19H27F2N3O4S/c1-18(20,21)10-5-14-3-4-16(22-13-14)15-6-11-24(12-7-15)29(27,28)19(8-2-9-19)17(25)23-26/h3-4,13,15,26H,2,5-12H2,1H3,(H,23,25). The number of sulfonamides is 1. The molecule has 3 rings (SSSR count). The van der Waals surface area contributed by atoms with Crippen LogP contribution in [0, 0.1) is 0 Å². The number of hydroxylamine groups is 1. The predicted molar refractivity (Wildman–Crippen MR) is 102 cm³/mol. The van der Waals surface area contributed by atoms with Gasteiger partial charge in [0, 0.05) is 37.3 Å². The number of piperidine rings is 1. The highest BCUT2D eigenvalue weighted by Gasteiger charge is 2.57. The van der Waals surface area contributed by atoms with Crippen molar-refractivity contribution >= 4 is 15.9 Å². The Morgan fingerprint density at radius 2 is 2.00 bits per heavy atom. The number of rotatable bonds is 7. The van der Waals surface area contributed by atoms with E-state index in [2.05, 4.69) is 4.98 Å². The van der Waals surface area contributed by atoms with Gasteiger partial charge in [0.2, 0.25) is 15.9 Å². The highest BCUT2D eigenvalue weighted by molar-refractivity contribution is 7.91. The molecule has 0 radical (unpaired) electrons. The van der Waals surface area contributed by atoms with E-state index in [1.54, 1.807) is 12.3 Å². The van der Waals surface area contributed by atoms with Crippen molar-refractivity contribution in [1.82, 2.24) is 14.8 Å². The summed E-state index contributed by atoms with van der Waals surface area (Å²) in [6, 6.07) is 3.62. The molecule has 1 saturated carbocycles. The average Bonchev–Trinajstić information content (AvgIpc) is 2.65. The van der Waals surface area contributed by atoms with E-state index in [1.165, 1.54) is 9.79 Å². The van der Waals surface area contributed by atoms with Crippen LogP contribution in [0.15, 0.2) is 18.3 Å². The smallest absolute Gasteiger partial charge is 0.266 e. The molecule has 0 unspecified atom stereocenters. The topological polar surface area (TPSA) is 99.6 Å². The molecule has 1 aliphatic carbocycles. The summed E-state index contributed by atoms with van der Waals surface area (Å²) in [5.74, 6) is -3.49. The molecule has 1 saturated heterocycles. The number of alkyl halides is 2. The SMILES string of the molecule is CC(F)(F)CCc1ccc(C2CCN(S(=O)(=O)C3(C(=O)NO)CCC3)CC2)nc1. The van der Waals surface area contributed by atoms with Gasteiger partial charge in [0.25, 0.3) is 5.91 Å². The van der Waals surface area contributed by atoms with Crippen molar-refractivity contribution in [3.63, 3.8) is 0 Å². The summed E-state index contributed by atoms with van der Waals surface area (Å²) < 4.78 is 51.8. The van der Waals surface area contributed by atoms with E-state index in [-0.39, 0.29) is 44.7 Å². The van der Waals surface area contributed by atoms with Gasteiger partial charge in [-0.05, 0) is 57.1 Å². The zero-order valence-electron chi connectivity index (χ0n) is 16.4.